The van der Waals surface area contributed by atoms with Crippen LogP contribution in [0, 0.1) is 12.7 Å². The van der Waals surface area contributed by atoms with Crippen LogP contribution in [0.3, 0.4) is 0 Å². The Kier molecular flexibility index (Phi) is 5.00. The van der Waals surface area contributed by atoms with E-state index in [0.29, 0.717) is 16.3 Å². The van der Waals surface area contributed by atoms with Crippen molar-refractivity contribution in [3.05, 3.63) is 76.3 Å². The lowest BCUT2D eigenvalue weighted by Gasteiger charge is -2.09. The Morgan fingerprint density at radius 1 is 1.28 bits per heavy atom. The molecule has 0 radical (unpaired) electrons. The predicted octanol–water partition coefficient (Wildman–Crippen LogP) is 4.03. The summed E-state index contributed by atoms with van der Waals surface area (Å²) in [6.45, 7) is 2.11. The number of aromatic nitrogens is 2. The van der Waals surface area contributed by atoms with Gasteiger partial charge in [-0.05, 0) is 36.8 Å². The van der Waals surface area contributed by atoms with E-state index in [1.54, 1.807) is 30.6 Å². The summed E-state index contributed by atoms with van der Waals surface area (Å²) in [5.41, 5.74) is 8.06. The Balaban J connectivity index is 1.80. The third-order valence-electron chi connectivity index (χ3n) is 3.44. The van der Waals surface area contributed by atoms with Crippen LogP contribution in [-0.4, -0.2) is 15.9 Å². The Labute approximate surface area is 149 Å². The second-order valence-electron chi connectivity index (χ2n) is 5.43. The van der Waals surface area contributed by atoms with E-state index in [2.05, 4.69) is 10.1 Å². The number of hydrogen-bond donors (Lipinski definition) is 1. The molecule has 1 heterocycles. The van der Waals surface area contributed by atoms with Crippen molar-refractivity contribution in [2.24, 2.45) is 5.10 Å². The van der Waals surface area contributed by atoms with Gasteiger partial charge < -0.3 is 10.5 Å². The number of benzene rings is 2. The van der Waals surface area contributed by atoms with E-state index in [1.165, 1.54) is 16.8 Å². The fourth-order valence-corrected chi connectivity index (χ4v) is 2.33. The smallest absolute Gasteiger partial charge is 0.221 e. The predicted molar refractivity (Wildman–Crippen MR) is 96.6 cm³/mol. The fourth-order valence-electron chi connectivity index (χ4n) is 2.20. The first-order valence-corrected chi connectivity index (χ1v) is 7.91. The molecule has 7 heteroatoms. The second kappa shape index (κ2) is 7.36. The summed E-state index contributed by atoms with van der Waals surface area (Å²) < 4.78 is 20.8. The van der Waals surface area contributed by atoms with Crippen LogP contribution < -0.4 is 10.5 Å². The van der Waals surface area contributed by atoms with Crippen molar-refractivity contribution in [3.63, 3.8) is 0 Å². The van der Waals surface area contributed by atoms with Gasteiger partial charge in [0.15, 0.2) is 0 Å². The molecule has 0 saturated carbocycles. The highest BCUT2D eigenvalue weighted by molar-refractivity contribution is 6.30. The van der Waals surface area contributed by atoms with Gasteiger partial charge in [0.05, 0.1) is 18.1 Å². The highest BCUT2D eigenvalue weighted by atomic mass is 35.5. The normalized spacial score (nSPS) is 11.2. The zero-order chi connectivity index (χ0) is 17.8. The van der Waals surface area contributed by atoms with Crippen LogP contribution in [0.2, 0.25) is 5.02 Å². The third kappa shape index (κ3) is 4.36. The number of ether oxygens (including phenoxy) is 1. The molecule has 2 N–H and O–H groups in total. The van der Waals surface area contributed by atoms with Crippen molar-refractivity contribution in [1.29, 1.82) is 0 Å². The van der Waals surface area contributed by atoms with Crippen molar-refractivity contribution in [1.82, 2.24) is 9.66 Å². The molecule has 0 amide bonds. The number of imidazole rings is 1. The lowest BCUT2D eigenvalue weighted by molar-refractivity contribution is 0.304. The van der Waals surface area contributed by atoms with Gasteiger partial charge in [0.1, 0.15) is 18.2 Å². The van der Waals surface area contributed by atoms with Gasteiger partial charge in [-0.3, -0.25) is 0 Å². The van der Waals surface area contributed by atoms with Crippen LogP contribution in [0.15, 0.2) is 53.8 Å². The van der Waals surface area contributed by atoms with Crippen molar-refractivity contribution < 1.29 is 9.13 Å². The standard InChI is InChI=1S/C18H16ClFN4O/c1-12-10-24(18(21)23-12)22-9-14-4-7-16(20)8-17(14)25-11-13-2-5-15(19)6-3-13/h2-10H,11H2,1H3,(H2,21,23). The van der Waals surface area contributed by atoms with Gasteiger partial charge in [-0.25, -0.2) is 14.1 Å². The molecule has 0 atom stereocenters. The number of hydrogen-bond acceptors (Lipinski definition) is 4. The van der Waals surface area contributed by atoms with Gasteiger partial charge in [-0.2, -0.15) is 5.10 Å². The molecule has 2 aromatic carbocycles. The maximum absolute atomic E-state index is 13.6. The Bertz CT molecular complexity index is 906. The Morgan fingerprint density at radius 2 is 2.04 bits per heavy atom. The van der Waals surface area contributed by atoms with Crippen LogP contribution in [0.1, 0.15) is 16.8 Å². The quantitative estimate of drug-likeness (QED) is 0.700. The lowest BCUT2D eigenvalue weighted by Crippen LogP contribution is -2.01. The number of anilines is 1. The van der Waals surface area contributed by atoms with E-state index >= 15 is 0 Å². The summed E-state index contributed by atoms with van der Waals surface area (Å²) in [4.78, 5) is 4.07. The number of nitrogens with two attached hydrogens (primary N) is 1. The minimum absolute atomic E-state index is 0.277. The van der Waals surface area contributed by atoms with Crippen LogP contribution in [0.4, 0.5) is 10.3 Å². The van der Waals surface area contributed by atoms with Gasteiger partial charge in [-0.15, -0.1) is 0 Å². The molecule has 0 aliphatic rings. The number of aryl methyl sites for hydroxylation is 1. The first-order chi connectivity index (χ1) is 12.0. The molecule has 3 aromatic rings. The van der Waals surface area contributed by atoms with E-state index < -0.39 is 0 Å². The topological polar surface area (TPSA) is 65.4 Å². The molecule has 25 heavy (non-hydrogen) atoms. The largest absolute Gasteiger partial charge is 0.488 e. The van der Waals surface area contributed by atoms with Gasteiger partial charge in [0.25, 0.3) is 0 Å². The molecular formula is C18H16ClFN4O. The number of halogens is 2. The summed E-state index contributed by atoms with van der Waals surface area (Å²) in [7, 11) is 0. The second-order valence-corrected chi connectivity index (χ2v) is 5.86. The van der Waals surface area contributed by atoms with Crippen molar-refractivity contribution in [3.8, 4) is 5.75 Å². The Morgan fingerprint density at radius 3 is 2.72 bits per heavy atom. The molecule has 0 fully saturated rings. The molecule has 3 rings (SSSR count). The van der Waals surface area contributed by atoms with Crippen LogP contribution in [-0.2, 0) is 6.61 Å². The highest BCUT2D eigenvalue weighted by Gasteiger charge is 2.06. The Hall–Kier alpha value is -2.86. The third-order valence-corrected chi connectivity index (χ3v) is 3.69. The maximum Gasteiger partial charge on any atom is 0.221 e. The average Bonchev–Trinajstić information content (AvgIpc) is 2.91. The summed E-state index contributed by atoms with van der Waals surface area (Å²) in [5, 5.41) is 4.89. The van der Waals surface area contributed by atoms with E-state index in [4.69, 9.17) is 22.1 Å². The minimum atomic E-state index is -0.388. The molecule has 128 valence electrons. The molecule has 0 unspecified atom stereocenters. The van der Waals surface area contributed by atoms with Crippen molar-refractivity contribution >= 4 is 23.8 Å². The monoisotopic (exact) mass is 358 g/mol. The molecular weight excluding hydrogens is 343 g/mol. The summed E-state index contributed by atoms with van der Waals surface area (Å²) in [6, 6.07) is 11.5. The zero-order valence-electron chi connectivity index (χ0n) is 13.5. The number of rotatable bonds is 5. The summed E-state index contributed by atoms with van der Waals surface area (Å²) >= 11 is 5.86. The highest BCUT2D eigenvalue weighted by Crippen LogP contribution is 2.20. The molecule has 5 nitrogen and oxygen atoms in total. The van der Waals surface area contributed by atoms with E-state index in [9.17, 15) is 4.39 Å². The minimum Gasteiger partial charge on any atom is -0.488 e. The first kappa shape index (κ1) is 17.0. The molecule has 0 spiro atoms. The maximum atomic E-state index is 13.6. The van der Waals surface area contributed by atoms with Gasteiger partial charge in [0, 0.05) is 16.7 Å². The molecule has 0 saturated heterocycles. The summed E-state index contributed by atoms with van der Waals surface area (Å²) in [5.74, 6) is 0.273. The van der Waals surface area contributed by atoms with E-state index in [1.807, 2.05) is 19.1 Å². The van der Waals surface area contributed by atoms with Crippen LogP contribution in [0.25, 0.3) is 0 Å². The molecule has 0 aliphatic heterocycles. The average molecular weight is 359 g/mol. The van der Waals surface area contributed by atoms with Gasteiger partial charge in [0.2, 0.25) is 5.95 Å². The van der Waals surface area contributed by atoms with E-state index in [0.717, 1.165) is 11.3 Å². The van der Waals surface area contributed by atoms with Crippen LogP contribution >= 0.6 is 11.6 Å². The molecule has 1 aromatic heterocycles. The summed E-state index contributed by atoms with van der Waals surface area (Å²) in [6.07, 6.45) is 3.25. The van der Waals surface area contributed by atoms with Gasteiger partial charge in [-0.1, -0.05) is 23.7 Å². The number of nitrogens with zero attached hydrogens (tertiary/aromatic N) is 3. The lowest BCUT2D eigenvalue weighted by atomic mass is 10.2. The first-order valence-electron chi connectivity index (χ1n) is 7.54. The van der Waals surface area contributed by atoms with Crippen molar-refractivity contribution in [2.75, 3.05) is 5.73 Å². The molecule has 0 bridgehead atoms. The van der Waals surface area contributed by atoms with Crippen LogP contribution in [0.5, 0.6) is 5.75 Å². The van der Waals surface area contributed by atoms with Gasteiger partial charge >= 0.3 is 0 Å². The fraction of sp³-hybridized carbons (Fsp3) is 0.111. The zero-order valence-corrected chi connectivity index (χ0v) is 14.2. The van der Waals surface area contributed by atoms with Crippen molar-refractivity contribution in [2.45, 2.75) is 13.5 Å². The van der Waals surface area contributed by atoms with E-state index in [-0.39, 0.29) is 18.4 Å². The number of nitrogen functional groups attached to an aromatic ring is 1. The SMILES string of the molecule is Cc1cn(N=Cc2ccc(F)cc2OCc2ccc(Cl)cc2)c(N)n1. The molecule has 0 aliphatic carbocycles.